The molecule has 0 amide bonds. The van der Waals surface area contributed by atoms with Crippen LogP contribution in [-0.2, 0) is 6.54 Å². The Kier molecular flexibility index (Phi) is 6.42. The van der Waals surface area contributed by atoms with Gasteiger partial charge in [0.2, 0.25) is 0 Å². The second kappa shape index (κ2) is 9.40. The zero-order valence-corrected chi connectivity index (χ0v) is 18.1. The van der Waals surface area contributed by atoms with Crippen LogP contribution in [0.4, 0.5) is 4.39 Å². The molecule has 2 unspecified atom stereocenters. The highest BCUT2D eigenvalue weighted by Gasteiger charge is 2.29. The summed E-state index contributed by atoms with van der Waals surface area (Å²) in [5.74, 6) is -0.109. The van der Waals surface area contributed by atoms with Crippen LogP contribution in [0, 0.1) is 12.7 Å². The average Bonchev–Trinajstić information content (AvgIpc) is 2.79. The van der Waals surface area contributed by atoms with Crippen LogP contribution in [0.1, 0.15) is 45.0 Å². The highest BCUT2D eigenvalue weighted by Crippen LogP contribution is 2.40. The maximum absolute atomic E-state index is 13.6. The first kappa shape index (κ1) is 21.8. The molecule has 0 radical (unpaired) electrons. The molecule has 2 N–H and O–H groups in total. The van der Waals surface area contributed by atoms with Crippen molar-refractivity contribution in [2.45, 2.75) is 31.9 Å². The second-order valence-corrected chi connectivity index (χ2v) is 8.05. The van der Waals surface area contributed by atoms with Gasteiger partial charge in [0, 0.05) is 24.6 Å². The van der Waals surface area contributed by atoms with E-state index in [9.17, 15) is 14.3 Å². The number of carbonyl (C=O) groups is 1. The molecule has 2 atom stereocenters. The summed E-state index contributed by atoms with van der Waals surface area (Å²) in [5.41, 5.74) is 4.18. The molecule has 3 aromatic carbocycles. The molecule has 6 heteroatoms. The molecule has 0 spiro atoms. The number of methoxy groups -OCH3 is 1. The van der Waals surface area contributed by atoms with E-state index in [4.69, 9.17) is 9.47 Å². The third kappa shape index (κ3) is 4.60. The Bertz CT molecular complexity index is 1130. The fourth-order valence-electron chi connectivity index (χ4n) is 4.27. The van der Waals surface area contributed by atoms with E-state index in [1.165, 1.54) is 13.2 Å². The van der Waals surface area contributed by atoms with Gasteiger partial charge in [-0.15, -0.1) is 0 Å². The standard InChI is InChI=1S/C26H26FNO4/c1-16-11-18(8-9-20(16)26(29)30)22-13-19(32-24-6-4-3-5-21(22)24)15-28-14-17-7-10-23(27)25(12-17)31-2/h3-12,19,22,28H,13-15H2,1-2H3,(H,29,30). The summed E-state index contributed by atoms with van der Waals surface area (Å²) in [5, 5.41) is 12.7. The van der Waals surface area contributed by atoms with Gasteiger partial charge < -0.3 is 19.9 Å². The van der Waals surface area contributed by atoms with Crippen LogP contribution in [0.3, 0.4) is 0 Å². The Morgan fingerprint density at radius 2 is 2.00 bits per heavy atom. The quantitative estimate of drug-likeness (QED) is 0.552. The largest absolute Gasteiger partial charge is 0.494 e. The van der Waals surface area contributed by atoms with Crippen molar-refractivity contribution in [2.75, 3.05) is 13.7 Å². The lowest BCUT2D eigenvalue weighted by atomic mass is 9.83. The second-order valence-electron chi connectivity index (χ2n) is 8.05. The third-order valence-electron chi connectivity index (χ3n) is 5.89. The summed E-state index contributed by atoms with van der Waals surface area (Å²) in [6.07, 6.45) is 0.708. The van der Waals surface area contributed by atoms with E-state index in [1.807, 2.05) is 37.3 Å². The summed E-state index contributed by atoms with van der Waals surface area (Å²) < 4.78 is 24.9. The molecular weight excluding hydrogens is 409 g/mol. The van der Waals surface area contributed by atoms with Crippen LogP contribution in [0.5, 0.6) is 11.5 Å². The number of benzene rings is 3. The fourth-order valence-corrected chi connectivity index (χ4v) is 4.27. The zero-order valence-electron chi connectivity index (χ0n) is 18.1. The molecule has 0 aliphatic carbocycles. The van der Waals surface area contributed by atoms with Gasteiger partial charge in [0.25, 0.3) is 0 Å². The first-order valence-electron chi connectivity index (χ1n) is 10.6. The molecule has 5 nitrogen and oxygen atoms in total. The van der Waals surface area contributed by atoms with E-state index in [-0.39, 0.29) is 23.6 Å². The fraction of sp³-hybridized carbons (Fsp3) is 0.269. The molecule has 3 aromatic rings. The SMILES string of the molecule is COc1cc(CNCC2CC(c3ccc(C(=O)O)c(C)c3)c3ccccc3O2)ccc1F. The van der Waals surface area contributed by atoms with Gasteiger partial charge in [-0.1, -0.05) is 36.4 Å². The van der Waals surface area contributed by atoms with E-state index in [2.05, 4.69) is 11.4 Å². The maximum atomic E-state index is 13.6. The molecule has 0 fully saturated rings. The molecule has 0 saturated carbocycles. The van der Waals surface area contributed by atoms with Gasteiger partial charge in [-0.3, -0.25) is 0 Å². The van der Waals surface area contributed by atoms with E-state index < -0.39 is 5.97 Å². The van der Waals surface area contributed by atoms with Crippen molar-refractivity contribution >= 4 is 5.97 Å². The van der Waals surface area contributed by atoms with Crippen LogP contribution in [0.25, 0.3) is 0 Å². The molecular formula is C26H26FNO4. The number of carboxylic acids is 1. The van der Waals surface area contributed by atoms with Crippen molar-refractivity contribution in [1.82, 2.24) is 5.32 Å². The first-order valence-corrected chi connectivity index (χ1v) is 10.6. The highest BCUT2D eigenvalue weighted by atomic mass is 19.1. The number of aromatic carboxylic acids is 1. The van der Waals surface area contributed by atoms with Gasteiger partial charge in [-0.2, -0.15) is 0 Å². The number of carboxylic acid groups (broad SMARTS) is 1. The maximum Gasteiger partial charge on any atom is 0.335 e. The van der Waals surface area contributed by atoms with Gasteiger partial charge in [0.15, 0.2) is 11.6 Å². The number of aryl methyl sites for hydroxylation is 1. The molecule has 1 aliphatic rings. The van der Waals surface area contributed by atoms with Crippen LogP contribution in [0.2, 0.25) is 0 Å². The smallest absolute Gasteiger partial charge is 0.335 e. The minimum atomic E-state index is -0.916. The number of para-hydroxylation sites is 1. The number of halogens is 1. The molecule has 1 heterocycles. The molecule has 0 aromatic heterocycles. The lowest BCUT2D eigenvalue weighted by molar-refractivity contribution is 0.0696. The lowest BCUT2D eigenvalue weighted by Gasteiger charge is -2.33. The number of hydrogen-bond acceptors (Lipinski definition) is 4. The van der Waals surface area contributed by atoms with Crippen molar-refractivity contribution < 1.29 is 23.8 Å². The number of nitrogens with one attached hydrogen (secondary N) is 1. The van der Waals surface area contributed by atoms with E-state index in [0.29, 0.717) is 18.7 Å². The number of fused-ring (bicyclic) bond motifs is 1. The summed E-state index contributed by atoms with van der Waals surface area (Å²) in [7, 11) is 1.45. The van der Waals surface area contributed by atoms with Gasteiger partial charge >= 0.3 is 5.97 Å². The Hall–Kier alpha value is -3.38. The predicted molar refractivity (Wildman–Crippen MR) is 120 cm³/mol. The van der Waals surface area contributed by atoms with E-state index >= 15 is 0 Å². The Balaban J connectivity index is 1.50. The highest BCUT2D eigenvalue weighted by molar-refractivity contribution is 5.89. The Labute approximate surface area is 186 Å². The molecule has 32 heavy (non-hydrogen) atoms. The van der Waals surface area contributed by atoms with Crippen molar-refractivity contribution in [3.63, 3.8) is 0 Å². The van der Waals surface area contributed by atoms with E-state index in [1.54, 1.807) is 18.2 Å². The predicted octanol–water partition coefficient (Wildman–Crippen LogP) is 4.91. The van der Waals surface area contributed by atoms with Gasteiger partial charge in [0.1, 0.15) is 11.9 Å². The lowest BCUT2D eigenvalue weighted by Crippen LogP contribution is -2.35. The number of rotatable bonds is 7. The molecule has 0 bridgehead atoms. The number of ether oxygens (including phenoxy) is 2. The number of hydrogen-bond donors (Lipinski definition) is 2. The molecule has 0 saturated heterocycles. The van der Waals surface area contributed by atoms with E-state index in [0.717, 1.165) is 34.4 Å². The van der Waals surface area contributed by atoms with Gasteiger partial charge in [-0.25, -0.2) is 9.18 Å². The monoisotopic (exact) mass is 435 g/mol. The molecule has 166 valence electrons. The summed E-state index contributed by atoms with van der Waals surface area (Å²) >= 11 is 0. The van der Waals surface area contributed by atoms with Crippen molar-refractivity contribution in [3.8, 4) is 11.5 Å². The van der Waals surface area contributed by atoms with Gasteiger partial charge in [-0.05, 0) is 54.3 Å². The topological polar surface area (TPSA) is 67.8 Å². The average molecular weight is 435 g/mol. The van der Waals surface area contributed by atoms with Crippen molar-refractivity contribution in [3.05, 3.63) is 94.3 Å². The van der Waals surface area contributed by atoms with Crippen molar-refractivity contribution in [2.24, 2.45) is 0 Å². The van der Waals surface area contributed by atoms with Crippen LogP contribution < -0.4 is 14.8 Å². The van der Waals surface area contributed by atoms with Crippen molar-refractivity contribution in [1.29, 1.82) is 0 Å². The van der Waals surface area contributed by atoms with Gasteiger partial charge in [0.05, 0.1) is 12.7 Å². The minimum absolute atomic E-state index is 0.0586. The van der Waals surface area contributed by atoms with Crippen LogP contribution in [-0.4, -0.2) is 30.8 Å². The normalized spacial score (nSPS) is 17.3. The van der Waals surface area contributed by atoms with Crippen LogP contribution >= 0.6 is 0 Å². The first-order chi connectivity index (χ1) is 15.5. The zero-order chi connectivity index (χ0) is 22.7. The Morgan fingerprint density at radius 3 is 2.75 bits per heavy atom. The summed E-state index contributed by atoms with van der Waals surface area (Å²) in [4.78, 5) is 11.4. The molecule has 1 aliphatic heterocycles. The minimum Gasteiger partial charge on any atom is -0.494 e. The summed E-state index contributed by atoms with van der Waals surface area (Å²) in [6.45, 7) is 3.01. The third-order valence-corrected chi connectivity index (χ3v) is 5.89. The summed E-state index contributed by atoms with van der Waals surface area (Å²) in [6, 6.07) is 18.4. The molecule has 4 rings (SSSR count). The van der Waals surface area contributed by atoms with Crippen LogP contribution in [0.15, 0.2) is 60.7 Å². The Morgan fingerprint density at radius 1 is 1.19 bits per heavy atom.